The molecular formula is C12H17N3O3. The van der Waals surface area contributed by atoms with Crippen LogP contribution in [0.3, 0.4) is 0 Å². The molecule has 0 saturated heterocycles. The Morgan fingerprint density at radius 2 is 2.00 bits per heavy atom. The van der Waals surface area contributed by atoms with Crippen LogP contribution < -0.4 is 21.1 Å². The van der Waals surface area contributed by atoms with Crippen LogP contribution in [0.25, 0.3) is 0 Å². The quantitative estimate of drug-likeness (QED) is 0.486. The predicted molar refractivity (Wildman–Crippen MR) is 68.0 cm³/mol. The molecular weight excluding hydrogens is 234 g/mol. The minimum absolute atomic E-state index is 0.0798. The van der Waals surface area contributed by atoms with E-state index in [1.807, 2.05) is 0 Å². The summed E-state index contributed by atoms with van der Waals surface area (Å²) in [5, 5.41) is 5.18. The molecule has 98 valence electrons. The first-order valence-electron chi connectivity index (χ1n) is 5.57. The van der Waals surface area contributed by atoms with Crippen LogP contribution >= 0.6 is 0 Å². The third-order valence-corrected chi connectivity index (χ3v) is 2.05. The molecule has 6 nitrogen and oxygen atoms in total. The van der Waals surface area contributed by atoms with Gasteiger partial charge in [-0.25, -0.2) is 0 Å². The van der Waals surface area contributed by atoms with Gasteiger partial charge in [0.1, 0.15) is 5.75 Å². The number of nitrogen functional groups attached to an aromatic ring is 1. The fourth-order valence-electron chi connectivity index (χ4n) is 1.24. The largest absolute Gasteiger partial charge is 0.484 e. The van der Waals surface area contributed by atoms with Gasteiger partial charge < -0.3 is 21.1 Å². The van der Waals surface area contributed by atoms with Gasteiger partial charge in [0.25, 0.3) is 5.91 Å². The van der Waals surface area contributed by atoms with Gasteiger partial charge >= 0.3 is 0 Å². The van der Waals surface area contributed by atoms with Gasteiger partial charge in [0.05, 0.1) is 0 Å². The second-order valence-corrected chi connectivity index (χ2v) is 3.69. The molecule has 0 aliphatic carbocycles. The highest BCUT2D eigenvalue weighted by molar-refractivity contribution is 5.77. The number of hydrogen-bond donors (Lipinski definition) is 3. The van der Waals surface area contributed by atoms with Crippen LogP contribution in [0.4, 0.5) is 5.69 Å². The third-order valence-electron chi connectivity index (χ3n) is 2.05. The zero-order valence-electron chi connectivity index (χ0n) is 10.2. The van der Waals surface area contributed by atoms with Crippen molar-refractivity contribution in [2.75, 3.05) is 25.4 Å². The van der Waals surface area contributed by atoms with Crippen molar-refractivity contribution in [3.63, 3.8) is 0 Å². The molecule has 0 heterocycles. The maximum atomic E-state index is 11.4. The Morgan fingerprint density at radius 1 is 1.28 bits per heavy atom. The molecule has 0 bridgehead atoms. The summed E-state index contributed by atoms with van der Waals surface area (Å²) in [5.41, 5.74) is 6.15. The number of carbonyl (C=O) groups excluding carboxylic acids is 2. The molecule has 4 N–H and O–H groups in total. The molecule has 1 rings (SSSR count). The van der Waals surface area contributed by atoms with E-state index >= 15 is 0 Å². The summed E-state index contributed by atoms with van der Waals surface area (Å²) >= 11 is 0. The highest BCUT2D eigenvalue weighted by atomic mass is 16.5. The van der Waals surface area contributed by atoms with Gasteiger partial charge in [-0.3, -0.25) is 9.59 Å². The molecule has 0 unspecified atom stereocenters. The van der Waals surface area contributed by atoms with E-state index in [0.29, 0.717) is 24.5 Å². The summed E-state index contributed by atoms with van der Waals surface area (Å²) in [5.74, 6) is 0.176. The molecule has 0 atom stereocenters. The SMILES string of the molecule is CC(=O)NCCNC(=O)COc1cccc(N)c1. The monoisotopic (exact) mass is 251 g/mol. The van der Waals surface area contributed by atoms with Crippen LogP contribution in [0.5, 0.6) is 5.75 Å². The van der Waals surface area contributed by atoms with Crippen molar-refractivity contribution in [2.24, 2.45) is 0 Å². The van der Waals surface area contributed by atoms with Gasteiger partial charge in [-0.1, -0.05) is 6.07 Å². The van der Waals surface area contributed by atoms with Crippen molar-refractivity contribution in [3.05, 3.63) is 24.3 Å². The van der Waals surface area contributed by atoms with Crippen LogP contribution in [0.2, 0.25) is 0 Å². The zero-order valence-corrected chi connectivity index (χ0v) is 10.2. The number of hydrogen-bond acceptors (Lipinski definition) is 4. The molecule has 0 aromatic heterocycles. The molecule has 0 radical (unpaired) electrons. The number of ether oxygens (including phenoxy) is 1. The van der Waals surface area contributed by atoms with Gasteiger partial charge in [-0.2, -0.15) is 0 Å². The van der Waals surface area contributed by atoms with Crippen molar-refractivity contribution in [3.8, 4) is 5.75 Å². The van der Waals surface area contributed by atoms with Gasteiger partial charge in [-0.05, 0) is 12.1 Å². The number of nitrogens with two attached hydrogens (primary N) is 1. The first-order chi connectivity index (χ1) is 8.58. The fourth-order valence-corrected chi connectivity index (χ4v) is 1.24. The molecule has 2 amide bonds. The van der Waals surface area contributed by atoms with E-state index in [0.717, 1.165) is 0 Å². The maximum absolute atomic E-state index is 11.4. The summed E-state index contributed by atoms with van der Waals surface area (Å²) in [6.07, 6.45) is 0. The van der Waals surface area contributed by atoms with E-state index < -0.39 is 0 Å². The summed E-state index contributed by atoms with van der Waals surface area (Å²) in [6.45, 7) is 2.12. The van der Waals surface area contributed by atoms with E-state index in [1.165, 1.54) is 6.92 Å². The van der Waals surface area contributed by atoms with Crippen molar-refractivity contribution >= 4 is 17.5 Å². The third kappa shape index (κ3) is 5.74. The normalized spacial score (nSPS) is 9.61. The van der Waals surface area contributed by atoms with Gasteiger partial charge in [0.15, 0.2) is 6.61 Å². The molecule has 0 fully saturated rings. The number of benzene rings is 1. The lowest BCUT2D eigenvalue weighted by Gasteiger charge is -2.08. The molecule has 1 aromatic carbocycles. The smallest absolute Gasteiger partial charge is 0.258 e. The Balaban J connectivity index is 2.19. The second kappa shape index (κ2) is 7.16. The summed E-state index contributed by atoms with van der Waals surface area (Å²) < 4.78 is 5.25. The summed E-state index contributed by atoms with van der Waals surface area (Å²) in [7, 11) is 0. The molecule has 0 spiro atoms. The first kappa shape index (κ1) is 13.8. The van der Waals surface area contributed by atoms with Crippen LogP contribution in [0.15, 0.2) is 24.3 Å². The standard InChI is InChI=1S/C12H17N3O3/c1-9(16)14-5-6-15-12(17)8-18-11-4-2-3-10(13)7-11/h2-4,7H,5-6,8,13H2,1H3,(H,14,16)(H,15,17). The van der Waals surface area contributed by atoms with E-state index in [4.69, 9.17) is 10.5 Å². The molecule has 1 aromatic rings. The van der Waals surface area contributed by atoms with Crippen molar-refractivity contribution in [2.45, 2.75) is 6.92 Å². The number of amides is 2. The minimum Gasteiger partial charge on any atom is -0.484 e. The molecule has 6 heteroatoms. The van der Waals surface area contributed by atoms with Crippen LogP contribution in [0, 0.1) is 0 Å². The van der Waals surface area contributed by atoms with Crippen molar-refractivity contribution in [1.82, 2.24) is 10.6 Å². The Morgan fingerprint density at radius 3 is 2.67 bits per heavy atom. The van der Waals surface area contributed by atoms with E-state index in [1.54, 1.807) is 24.3 Å². The molecule has 0 aliphatic rings. The fraction of sp³-hybridized carbons (Fsp3) is 0.333. The minimum atomic E-state index is -0.247. The highest BCUT2D eigenvalue weighted by Crippen LogP contribution is 2.13. The Bertz CT molecular complexity index is 421. The van der Waals surface area contributed by atoms with Gasteiger partial charge in [0.2, 0.25) is 5.91 Å². The maximum Gasteiger partial charge on any atom is 0.258 e. The average molecular weight is 251 g/mol. The topological polar surface area (TPSA) is 93.5 Å². The molecule has 0 aliphatic heterocycles. The lowest BCUT2D eigenvalue weighted by molar-refractivity contribution is -0.123. The highest BCUT2D eigenvalue weighted by Gasteiger charge is 2.02. The van der Waals surface area contributed by atoms with Gasteiger partial charge in [-0.15, -0.1) is 0 Å². The molecule has 0 saturated carbocycles. The summed E-state index contributed by atoms with van der Waals surface area (Å²) in [6, 6.07) is 6.85. The van der Waals surface area contributed by atoms with Crippen LogP contribution in [-0.2, 0) is 9.59 Å². The lowest BCUT2D eigenvalue weighted by Crippen LogP contribution is -2.36. The Hall–Kier alpha value is -2.24. The Labute approximate surface area is 105 Å². The first-order valence-corrected chi connectivity index (χ1v) is 5.57. The zero-order chi connectivity index (χ0) is 13.4. The number of rotatable bonds is 6. The van der Waals surface area contributed by atoms with Gasteiger partial charge in [0, 0.05) is 31.8 Å². The number of carbonyl (C=O) groups is 2. The van der Waals surface area contributed by atoms with Crippen LogP contribution in [0.1, 0.15) is 6.92 Å². The van der Waals surface area contributed by atoms with Crippen LogP contribution in [-0.4, -0.2) is 31.5 Å². The number of anilines is 1. The average Bonchev–Trinajstić information content (AvgIpc) is 2.32. The van der Waals surface area contributed by atoms with E-state index in [2.05, 4.69) is 10.6 Å². The van der Waals surface area contributed by atoms with Crippen molar-refractivity contribution < 1.29 is 14.3 Å². The second-order valence-electron chi connectivity index (χ2n) is 3.69. The van der Waals surface area contributed by atoms with E-state index in [9.17, 15) is 9.59 Å². The van der Waals surface area contributed by atoms with E-state index in [-0.39, 0.29) is 18.4 Å². The Kier molecular flexibility index (Phi) is 5.50. The predicted octanol–water partition coefficient (Wildman–Crippen LogP) is -0.100. The molecule has 18 heavy (non-hydrogen) atoms. The lowest BCUT2D eigenvalue weighted by atomic mass is 10.3. The number of nitrogens with one attached hydrogen (secondary N) is 2. The van der Waals surface area contributed by atoms with Crippen molar-refractivity contribution in [1.29, 1.82) is 0 Å². The summed E-state index contributed by atoms with van der Waals surface area (Å²) in [4.78, 5) is 21.9.